The van der Waals surface area contributed by atoms with Crippen molar-refractivity contribution in [2.45, 2.75) is 13.0 Å². The van der Waals surface area contributed by atoms with Gasteiger partial charge in [0.2, 0.25) is 0 Å². The summed E-state index contributed by atoms with van der Waals surface area (Å²) in [5.74, 6) is -0.565. The molecule has 0 bridgehead atoms. The number of halogens is 2. The number of nitrogens with zero attached hydrogens (tertiary/aromatic N) is 1. The van der Waals surface area contributed by atoms with Crippen molar-refractivity contribution in [2.24, 2.45) is 0 Å². The van der Waals surface area contributed by atoms with Crippen LogP contribution in [0.5, 0.6) is 0 Å². The Kier molecular flexibility index (Phi) is 4.41. The maximum atomic E-state index is 13.6. The van der Waals surface area contributed by atoms with Crippen LogP contribution in [0.25, 0.3) is 22.0 Å². The summed E-state index contributed by atoms with van der Waals surface area (Å²) in [5, 5.41) is 7.71. The molecule has 0 saturated carbocycles. The van der Waals surface area contributed by atoms with Gasteiger partial charge in [0, 0.05) is 22.2 Å². The first-order valence-electron chi connectivity index (χ1n) is 8.29. The Morgan fingerprint density at radius 3 is 2.85 bits per heavy atom. The number of benzene rings is 2. The molecule has 7 heteroatoms. The predicted octanol–water partition coefficient (Wildman–Crippen LogP) is 5.15. The third-order valence-corrected chi connectivity index (χ3v) is 4.68. The SMILES string of the molecule is CC(Nc1cccc(-c2cnoc2)c1)c1cc2cc(Cl)c(F)cc2[nH]c1=O. The Morgan fingerprint density at radius 1 is 1.22 bits per heavy atom. The van der Waals surface area contributed by atoms with E-state index in [2.05, 4.69) is 15.5 Å². The lowest BCUT2D eigenvalue weighted by molar-refractivity contribution is 0.420. The van der Waals surface area contributed by atoms with E-state index in [0.717, 1.165) is 16.8 Å². The van der Waals surface area contributed by atoms with Crippen LogP contribution in [0.1, 0.15) is 18.5 Å². The lowest BCUT2D eigenvalue weighted by Gasteiger charge is -2.16. The van der Waals surface area contributed by atoms with Gasteiger partial charge in [-0.3, -0.25) is 4.79 Å². The Morgan fingerprint density at radius 2 is 2.07 bits per heavy atom. The molecule has 0 aliphatic carbocycles. The third kappa shape index (κ3) is 3.44. The van der Waals surface area contributed by atoms with Crippen molar-refractivity contribution >= 4 is 28.2 Å². The van der Waals surface area contributed by atoms with Crippen LogP contribution < -0.4 is 10.9 Å². The second-order valence-electron chi connectivity index (χ2n) is 6.27. The molecule has 0 radical (unpaired) electrons. The van der Waals surface area contributed by atoms with Gasteiger partial charge in [-0.15, -0.1) is 0 Å². The van der Waals surface area contributed by atoms with Gasteiger partial charge in [0.05, 0.1) is 22.8 Å². The zero-order valence-corrected chi connectivity index (χ0v) is 15.0. The van der Waals surface area contributed by atoms with Gasteiger partial charge in [-0.05, 0) is 42.8 Å². The molecule has 2 aromatic carbocycles. The van der Waals surface area contributed by atoms with Gasteiger partial charge in [-0.2, -0.15) is 0 Å². The summed E-state index contributed by atoms with van der Waals surface area (Å²) in [5.41, 5.74) is 3.32. The maximum Gasteiger partial charge on any atom is 0.253 e. The first-order valence-corrected chi connectivity index (χ1v) is 8.67. The van der Waals surface area contributed by atoms with Crippen LogP contribution in [0.2, 0.25) is 5.02 Å². The summed E-state index contributed by atoms with van der Waals surface area (Å²) in [6.45, 7) is 1.88. The average Bonchev–Trinajstić information content (AvgIpc) is 3.17. The molecule has 0 fully saturated rings. The number of rotatable bonds is 4. The van der Waals surface area contributed by atoms with Crippen molar-refractivity contribution in [3.63, 3.8) is 0 Å². The number of hydrogen-bond donors (Lipinski definition) is 2. The normalized spacial score (nSPS) is 12.3. The van der Waals surface area contributed by atoms with Gasteiger partial charge in [0.1, 0.15) is 12.1 Å². The molecule has 2 N–H and O–H groups in total. The molecule has 136 valence electrons. The molecule has 1 unspecified atom stereocenters. The van der Waals surface area contributed by atoms with Crippen LogP contribution in [-0.4, -0.2) is 10.1 Å². The van der Waals surface area contributed by atoms with E-state index in [1.54, 1.807) is 18.5 Å². The number of aromatic nitrogens is 2. The van der Waals surface area contributed by atoms with Crippen molar-refractivity contribution < 1.29 is 8.91 Å². The van der Waals surface area contributed by atoms with Crippen LogP contribution in [0.15, 0.2) is 64.2 Å². The van der Waals surface area contributed by atoms with Gasteiger partial charge in [-0.1, -0.05) is 28.9 Å². The van der Waals surface area contributed by atoms with Crippen molar-refractivity contribution in [2.75, 3.05) is 5.32 Å². The first kappa shape index (κ1) is 17.3. The van der Waals surface area contributed by atoms with Gasteiger partial charge in [0.15, 0.2) is 0 Å². The van der Waals surface area contributed by atoms with E-state index in [4.69, 9.17) is 16.1 Å². The Labute approximate surface area is 158 Å². The minimum atomic E-state index is -0.565. The van der Waals surface area contributed by atoms with Gasteiger partial charge < -0.3 is 14.8 Å². The Bertz CT molecular complexity index is 1170. The van der Waals surface area contributed by atoms with Gasteiger partial charge >= 0.3 is 0 Å². The summed E-state index contributed by atoms with van der Waals surface area (Å²) in [6, 6.07) is 11.9. The molecule has 0 aliphatic rings. The Balaban J connectivity index is 1.66. The van der Waals surface area contributed by atoms with E-state index in [1.165, 1.54) is 12.1 Å². The molecule has 2 heterocycles. The summed E-state index contributed by atoms with van der Waals surface area (Å²) in [7, 11) is 0. The van der Waals surface area contributed by atoms with Crippen LogP contribution in [0.4, 0.5) is 10.1 Å². The Hall–Kier alpha value is -3.12. The minimum Gasteiger partial charge on any atom is -0.378 e. The lowest BCUT2D eigenvalue weighted by atomic mass is 10.1. The fourth-order valence-electron chi connectivity index (χ4n) is 3.00. The zero-order chi connectivity index (χ0) is 19.0. The lowest BCUT2D eigenvalue weighted by Crippen LogP contribution is -2.19. The molecule has 5 nitrogen and oxygen atoms in total. The summed E-state index contributed by atoms with van der Waals surface area (Å²) >= 11 is 5.86. The summed E-state index contributed by atoms with van der Waals surface area (Å²) < 4.78 is 18.5. The smallest absolute Gasteiger partial charge is 0.253 e. The van der Waals surface area contributed by atoms with E-state index >= 15 is 0 Å². The number of fused-ring (bicyclic) bond motifs is 1. The molecule has 1 atom stereocenters. The number of aromatic amines is 1. The highest BCUT2D eigenvalue weighted by atomic mass is 35.5. The topological polar surface area (TPSA) is 70.9 Å². The van der Waals surface area contributed by atoms with Gasteiger partial charge in [0.25, 0.3) is 5.56 Å². The second-order valence-corrected chi connectivity index (χ2v) is 6.67. The van der Waals surface area contributed by atoms with Gasteiger partial charge in [-0.25, -0.2) is 4.39 Å². The van der Waals surface area contributed by atoms with Crippen molar-refractivity contribution in [3.8, 4) is 11.1 Å². The molecule has 0 aliphatic heterocycles. The number of anilines is 1. The third-order valence-electron chi connectivity index (χ3n) is 4.39. The summed E-state index contributed by atoms with van der Waals surface area (Å²) in [4.78, 5) is 15.2. The van der Waals surface area contributed by atoms with Crippen LogP contribution in [0, 0.1) is 5.82 Å². The number of H-pyrrole nitrogens is 1. The number of pyridine rings is 1. The van der Waals surface area contributed by atoms with Crippen LogP contribution >= 0.6 is 11.6 Å². The molecule has 0 saturated heterocycles. The molecular formula is C20H15ClFN3O2. The largest absolute Gasteiger partial charge is 0.378 e. The maximum absolute atomic E-state index is 13.6. The minimum absolute atomic E-state index is 0.0162. The van der Waals surface area contributed by atoms with E-state index in [9.17, 15) is 9.18 Å². The quantitative estimate of drug-likeness (QED) is 0.511. The molecule has 0 spiro atoms. The fourth-order valence-corrected chi connectivity index (χ4v) is 3.17. The van der Waals surface area contributed by atoms with E-state index in [1.807, 2.05) is 31.2 Å². The number of hydrogen-bond acceptors (Lipinski definition) is 4. The van der Waals surface area contributed by atoms with E-state index in [-0.39, 0.29) is 16.6 Å². The van der Waals surface area contributed by atoms with Crippen LogP contribution in [0.3, 0.4) is 0 Å². The fraction of sp³-hybridized carbons (Fsp3) is 0.100. The molecule has 0 amide bonds. The zero-order valence-electron chi connectivity index (χ0n) is 14.3. The van der Waals surface area contributed by atoms with Crippen molar-refractivity contribution in [3.05, 3.63) is 81.7 Å². The molecular weight excluding hydrogens is 369 g/mol. The monoisotopic (exact) mass is 383 g/mol. The number of nitrogens with one attached hydrogen (secondary N) is 2. The van der Waals surface area contributed by atoms with Crippen molar-refractivity contribution in [1.29, 1.82) is 0 Å². The molecule has 2 aromatic heterocycles. The highest BCUT2D eigenvalue weighted by Crippen LogP contribution is 2.26. The predicted molar refractivity (Wildman–Crippen MR) is 104 cm³/mol. The van der Waals surface area contributed by atoms with E-state index in [0.29, 0.717) is 16.5 Å². The second kappa shape index (κ2) is 6.89. The summed E-state index contributed by atoms with van der Waals surface area (Å²) in [6.07, 6.45) is 3.21. The van der Waals surface area contributed by atoms with Crippen LogP contribution in [-0.2, 0) is 0 Å². The standard InChI is InChI=1S/C20H15ClFN3O2/c1-11(24-15-4-2-3-12(5-15)14-9-23-27-10-14)16-6-13-7-17(21)18(22)8-19(13)25-20(16)26/h2-11,24H,1H3,(H,25,26). The van der Waals surface area contributed by atoms with Crippen molar-refractivity contribution in [1.82, 2.24) is 10.1 Å². The first-order chi connectivity index (χ1) is 13.0. The average molecular weight is 384 g/mol. The molecule has 27 heavy (non-hydrogen) atoms. The highest BCUT2D eigenvalue weighted by Gasteiger charge is 2.13. The van der Waals surface area contributed by atoms with E-state index < -0.39 is 5.82 Å². The molecule has 4 rings (SSSR count). The highest BCUT2D eigenvalue weighted by molar-refractivity contribution is 6.31. The molecule has 4 aromatic rings.